The number of fused-ring (bicyclic) bond motifs is 1. The molecule has 2 N–H and O–H groups in total. The molecular weight excluding hydrogens is 330 g/mol. The monoisotopic (exact) mass is 349 g/mol. The van der Waals surface area contributed by atoms with Crippen LogP contribution in [0.5, 0.6) is 5.75 Å². The number of benzene rings is 3. The van der Waals surface area contributed by atoms with Crippen molar-refractivity contribution in [2.75, 3.05) is 24.7 Å². The van der Waals surface area contributed by atoms with Crippen LogP contribution in [0.2, 0.25) is 0 Å². The highest BCUT2D eigenvalue weighted by Gasteiger charge is 2.28. The minimum absolute atomic E-state index is 0.161. The van der Waals surface area contributed by atoms with Crippen molar-refractivity contribution < 1.29 is 19.7 Å². The van der Waals surface area contributed by atoms with Gasteiger partial charge in [-0.25, -0.2) is 4.79 Å². The molecule has 0 aromatic heterocycles. The van der Waals surface area contributed by atoms with E-state index < -0.39 is 5.97 Å². The largest absolute Gasteiger partial charge is 0.508 e. The molecule has 1 aliphatic heterocycles. The van der Waals surface area contributed by atoms with Gasteiger partial charge in [0.25, 0.3) is 0 Å². The van der Waals surface area contributed by atoms with Gasteiger partial charge in [-0.15, -0.1) is 0 Å². The average Bonchev–Trinajstić information content (AvgIpc) is 2.67. The summed E-state index contributed by atoms with van der Waals surface area (Å²) >= 11 is 0. The molecule has 0 saturated carbocycles. The van der Waals surface area contributed by atoms with E-state index in [1.807, 2.05) is 30.3 Å². The molecule has 5 heteroatoms. The SMILES string of the molecule is O=C(O)c1ccccc1C1COCCN1c1ccc2cc(O)ccc2c1. The first kappa shape index (κ1) is 16.4. The number of ether oxygens (including phenoxy) is 1. The van der Waals surface area contributed by atoms with Gasteiger partial charge < -0.3 is 19.8 Å². The highest BCUT2D eigenvalue weighted by molar-refractivity contribution is 5.90. The summed E-state index contributed by atoms with van der Waals surface area (Å²) in [7, 11) is 0. The Labute approximate surface area is 151 Å². The van der Waals surface area contributed by atoms with Gasteiger partial charge in [-0.2, -0.15) is 0 Å². The molecule has 3 aromatic rings. The second kappa shape index (κ2) is 6.69. The predicted molar refractivity (Wildman–Crippen MR) is 99.9 cm³/mol. The molecule has 1 atom stereocenters. The van der Waals surface area contributed by atoms with Crippen LogP contribution in [-0.4, -0.2) is 35.9 Å². The Morgan fingerprint density at radius 3 is 2.65 bits per heavy atom. The Morgan fingerprint density at radius 2 is 1.81 bits per heavy atom. The van der Waals surface area contributed by atoms with E-state index in [-0.39, 0.29) is 11.8 Å². The number of phenols is 1. The molecular formula is C21H19NO4. The third-order valence-corrected chi connectivity index (χ3v) is 4.82. The van der Waals surface area contributed by atoms with Gasteiger partial charge in [0, 0.05) is 12.2 Å². The van der Waals surface area contributed by atoms with E-state index >= 15 is 0 Å². The lowest BCUT2D eigenvalue weighted by atomic mass is 9.97. The Bertz CT molecular complexity index is 969. The van der Waals surface area contributed by atoms with Crippen molar-refractivity contribution in [2.24, 2.45) is 0 Å². The summed E-state index contributed by atoms with van der Waals surface area (Å²) in [6.45, 7) is 1.72. The van der Waals surface area contributed by atoms with Gasteiger partial charge in [0.2, 0.25) is 0 Å². The zero-order valence-corrected chi connectivity index (χ0v) is 14.1. The van der Waals surface area contributed by atoms with Gasteiger partial charge in [-0.05, 0) is 46.7 Å². The van der Waals surface area contributed by atoms with E-state index in [2.05, 4.69) is 11.0 Å². The van der Waals surface area contributed by atoms with E-state index in [4.69, 9.17) is 4.74 Å². The van der Waals surface area contributed by atoms with Crippen LogP contribution in [0.4, 0.5) is 5.69 Å². The molecule has 0 aliphatic carbocycles. The standard InChI is InChI=1S/C21H19NO4/c23-17-8-6-14-11-16(7-5-15(14)12-17)22-9-10-26-13-20(22)18-3-1-2-4-19(18)21(24)25/h1-8,11-12,20,23H,9-10,13H2,(H,24,25). The topological polar surface area (TPSA) is 70.0 Å². The number of aromatic carboxylic acids is 1. The Morgan fingerprint density at radius 1 is 1.04 bits per heavy atom. The molecule has 132 valence electrons. The van der Waals surface area contributed by atoms with Crippen LogP contribution in [0, 0.1) is 0 Å². The van der Waals surface area contributed by atoms with Crippen molar-refractivity contribution in [3.8, 4) is 5.75 Å². The van der Waals surface area contributed by atoms with Crippen molar-refractivity contribution in [3.05, 3.63) is 71.8 Å². The summed E-state index contributed by atoms with van der Waals surface area (Å²) in [4.78, 5) is 13.8. The molecule has 26 heavy (non-hydrogen) atoms. The number of rotatable bonds is 3. The minimum atomic E-state index is -0.930. The molecule has 5 nitrogen and oxygen atoms in total. The van der Waals surface area contributed by atoms with Crippen molar-refractivity contribution in [1.82, 2.24) is 0 Å². The molecule has 0 amide bonds. The quantitative estimate of drug-likeness (QED) is 0.752. The van der Waals surface area contributed by atoms with Gasteiger partial charge in [-0.3, -0.25) is 0 Å². The molecule has 0 spiro atoms. The van der Waals surface area contributed by atoms with Crippen LogP contribution in [0.15, 0.2) is 60.7 Å². The van der Waals surface area contributed by atoms with E-state index in [0.29, 0.717) is 25.3 Å². The average molecular weight is 349 g/mol. The number of carboxylic acids is 1. The first-order chi connectivity index (χ1) is 12.6. The zero-order chi connectivity index (χ0) is 18.1. The molecule has 1 fully saturated rings. The highest BCUT2D eigenvalue weighted by atomic mass is 16.5. The fraction of sp³-hybridized carbons (Fsp3) is 0.190. The Kier molecular flexibility index (Phi) is 4.22. The number of anilines is 1. The molecule has 1 saturated heterocycles. The Balaban J connectivity index is 1.77. The summed E-state index contributed by atoms with van der Waals surface area (Å²) in [5.74, 6) is -0.690. The summed E-state index contributed by atoms with van der Waals surface area (Å²) in [6.07, 6.45) is 0. The van der Waals surface area contributed by atoms with Gasteiger partial charge in [-0.1, -0.05) is 30.3 Å². The third-order valence-electron chi connectivity index (χ3n) is 4.82. The number of morpholine rings is 1. The predicted octanol–water partition coefficient (Wildman–Crippen LogP) is 3.82. The zero-order valence-electron chi connectivity index (χ0n) is 14.1. The van der Waals surface area contributed by atoms with Gasteiger partial charge >= 0.3 is 5.97 Å². The van der Waals surface area contributed by atoms with Crippen LogP contribution in [-0.2, 0) is 4.74 Å². The number of carboxylic acid groups (broad SMARTS) is 1. The van der Waals surface area contributed by atoms with E-state index in [1.54, 1.807) is 24.3 Å². The number of nitrogens with zero attached hydrogens (tertiary/aromatic N) is 1. The van der Waals surface area contributed by atoms with Crippen LogP contribution in [0.3, 0.4) is 0 Å². The van der Waals surface area contributed by atoms with Crippen LogP contribution >= 0.6 is 0 Å². The summed E-state index contributed by atoms with van der Waals surface area (Å²) in [6, 6.07) is 18.3. The summed E-state index contributed by atoms with van der Waals surface area (Å²) in [5.41, 5.74) is 2.07. The van der Waals surface area contributed by atoms with Crippen LogP contribution < -0.4 is 4.90 Å². The second-order valence-electron chi connectivity index (χ2n) is 6.39. The van der Waals surface area contributed by atoms with Gasteiger partial charge in [0.15, 0.2) is 0 Å². The Hall–Kier alpha value is -3.05. The molecule has 0 radical (unpaired) electrons. The van der Waals surface area contributed by atoms with Crippen molar-refractivity contribution in [1.29, 1.82) is 0 Å². The summed E-state index contributed by atoms with van der Waals surface area (Å²) in [5, 5.41) is 21.2. The summed E-state index contributed by atoms with van der Waals surface area (Å²) < 4.78 is 5.66. The first-order valence-electron chi connectivity index (χ1n) is 8.53. The lowest BCUT2D eigenvalue weighted by Gasteiger charge is -2.38. The molecule has 0 bridgehead atoms. The van der Waals surface area contributed by atoms with Crippen molar-refractivity contribution in [2.45, 2.75) is 6.04 Å². The number of phenolic OH excluding ortho intramolecular Hbond substituents is 1. The molecule has 1 heterocycles. The lowest BCUT2D eigenvalue weighted by molar-refractivity contribution is 0.0688. The number of hydrogen-bond donors (Lipinski definition) is 2. The third kappa shape index (κ3) is 2.97. The van der Waals surface area contributed by atoms with Gasteiger partial charge in [0.05, 0.1) is 24.8 Å². The fourth-order valence-corrected chi connectivity index (χ4v) is 3.55. The molecule has 4 rings (SSSR count). The van der Waals surface area contributed by atoms with Crippen molar-refractivity contribution >= 4 is 22.4 Å². The van der Waals surface area contributed by atoms with Gasteiger partial charge in [0.1, 0.15) is 5.75 Å². The maximum atomic E-state index is 11.6. The highest BCUT2D eigenvalue weighted by Crippen LogP contribution is 2.34. The number of carbonyl (C=O) groups is 1. The normalized spacial score (nSPS) is 17.4. The smallest absolute Gasteiger partial charge is 0.336 e. The lowest BCUT2D eigenvalue weighted by Crippen LogP contribution is -2.40. The second-order valence-corrected chi connectivity index (χ2v) is 6.39. The fourth-order valence-electron chi connectivity index (χ4n) is 3.55. The molecule has 3 aromatic carbocycles. The van der Waals surface area contributed by atoms with Crippen LogP contribution in [0.1, 0.15) is 22.0 Å². The van der Waals surface area contributed by atoms with E-state index in [9.17, 15) is 15.0 Å². The van der Waals surface area contributed by atoms with Crippen molar-refractivity contribution in [3.63, 3.8) is 0 Å². The van der Waals surface area contributed by atoms with E-state index in [0.717, 1.165) is 22.0 Å². The first-order valence-corrected chi connectivity index (χ1v) is 8.53. The maximum absolute atomic E-state index is 11.6. The minimum Gasteiger partial charge on any atom is -0.508 e. The van der Waals surface area contributed by atoms with Crippen LogP contribution in [0.25, 0.3) is 10.8 Å². The maximum Gasteiger partial charge on any atom is 0.336 e. The molecule has 1 unspecified atom stereocenters. The van der Waals surface area contributed by atoms with E-state index in [1.165, 1.54) is 0 Å². The number of aromatic hydroxyl groups is 1. The molecule has 1 aliphatic rings. The number of hydrogen-bond acceptors (Lipinski definition) is 4.